The number of carbonyl (C=O) groups is 2. The Hall–Kier alpha value is -3.44. The maximum Gasteiger partial charge on any atom is 0.311 e. The van der Waals surface area contributed by atoms with E-state index in [1.807, 2.05) is 19.1 Å². The van der Waals surface area contributed by atoms with Gasteiger partial charge in [0.05, 0.1) is 61.3 Å². The van der Waals surface area contributed by atoms with Gasteiger partial charge in [0.2, 0.25) is 0 Å². The predicted octanol–water partition coefficient (Wildman–Crippen LogP) is 0.391. The van der Waals surface area contributed by atoms with Gasteiger partial charge in [-0.3, -0.25) is 9.59 Å². The Balaban J connectivity index is 1.82. The van der Waals surface area contributed by atoms with Gasteiger partial charge in [-0.2, -0.15) is 0 Å². The maximum absolute atomic E-state index is 12.5. The van der Waals surface area contributed by atoms with E-state index in [2.05, 4.69) is 0 Å². The third kappa shape index (κ3) is 19.3. The number of cyclic esters (lactones) is 1. The quantitative estimate of drug-likeness (QED) is 0.171. The Morgan fingerprint density at radius 3 is 1.81 bits per heavy atom. The molecular weight excluding hydrogens is 824 g/mol. The monoisotopic (exact) mass is 894 g/mol. The Bertz CT molecular complexity index is 1600. The molecule has 0 spiro atoms. The van der Waals surface area contributed by atoms with Crippen molar-refractivity contribution in [3.05, 3.63) is 85.1 Å². The molecule has 2 fully saturated rings. The molecule has 63 heavy (non-hydrogen) atoms. The first-order valence-electron chi connectivity index (χ1n) is 21.6. The number of hydrogen-bond donors (Lipinski definition) is 12. The van der Waals surface area contributed by atoms with E-state index in [-0.39, 0.29) is 57.3 Å². The summed E-state index contributed by atoms with van der Waals surface area (Å²) in [5.41, 5.74) is 11.8. The number of aliphatic hydroxyl groups excluding tert-OH is 8. The lowest BCUT2D eigenvalue weighted by atomic mass is 9.83. The van der Waals surface area contributed by atoms with Crippen LogP contribution < -0.4 is 11.5 Å². The molecule has 17 atom stereocenters. The summed E-state index contributed by atoms with van der Waals surface area (Å²) in [5.74, 6) is -6.14. The lowest BCUT2D eigenvalue weighted by Crippen LogP contribution is -2.64. The first-order valence-corrected chi connectivity index (χ1v) is 21.6. The van der Waals surface area contributed by atoms with Gasteiger partial charge in [-0.25, -0.2) is 0 Å². The number of carboxylic acid groups (broad SMARTS) is 1. The molecule has 0 amide bonds. The van der Waals surface area contributed by atoms with Gasteiger partial charge in [-0.15, -0.1) is 0 Å². The van der Waals surface area contributed by atoms with E-state index in [0.717, 1.165) is 0 Å². The first-order chi connectivity index (χ1) is 29.8. The minimum atomic E-state index is -2.22. The predicted molar refractivity (Wildman–Crippen MR) is 230 cm³/mol. The summed E-state index contributed by atoms with van der Waals surface area (Å²) in [7, 11) is 0. The number of fused-ring (bicyclic) bond motifs is 2. The van der Waals surface area contributed by atoms with Crippen LogP contribution in [0.3, 0.4) is 0 Å². The average Bonchev–Trinajstić information content (AvgIpc) is 3.19. The molecule has 0 aromatic rings. The van der Waals surface area contributed by atoms with Crippen LogP contribution in [0.15, 0.2) is 85.1 Å². The minimum absolute atomic E-state index is 0.0247. The van der Waals surface area contributed by atoms with Crippen LogP contribution in [0, 0.1) is 11.8 Å². The highest BCUT2D eigenvalue weighted by atomic mass is 16.7. The van der Waals surface area contributed by atoms with Gasteiger partial charge in [0, 0.05) is 31.6 Å². The Morgan fingerprint density at radius 2 is 1.22 bits per heavy atom. The number of aliphatic hydroxyl groups is 9. The van der Waals surface area contributed by atoms with E-state index >= 15 is 0 Å². The second kappa shape index (κ2) is 27.1. The lowest BCUT2D eigenvalue weighted by Gasteiger charge is -2.45. The molecule has 0 aliphatic carbocycles. The summed E-state index contributed by atoms with van der Waals surface area (Å²) in [6.45, 7) is 3.47. The molecule has 18 nitrogen and oxygen atoms in total. The molecule has 12 unspecified atom stereocenters. The van der Waals surface area contributed by atoms with E-state index in [1.165, 1.54) is 6.08 Å². The molecule has 0 saturated carbocycles. The van der Waals surface area contributed by atoms with Crippen molar-refractivity contribution in [1.82, 2.24) is 0 Å². The van der Waals surface area contributed by atoms with Gasteiger partial charge in [-0.1, -0.05) is 92.0 Å². The molecule has 18 heteroatoms. The summed E-state index contributed by atoms with van der Waals surface area (Å²) in [4.78, 5) is 24.9. The van der Waals surface area contributed by atoms with Crippen molar-refractivity contribution in [2.45, 2.75) is 170 Å². The third-order valence-electron chi connectivity index (χ3n) is 11.1. The van der Waals surface area contributed by atoms with Crippen LogP contribution in [-0.4, -0.2) is 154 Å². The molecule has 0 aromatic heterocycles. The normalized spacial score (nSPS) is 44.2. The molecular formula is C45H70N2O16. The van der Waals surface area contributed by atoms with Gasteiger partial charge in [0.15, 0.2) is 12.1 Å². The summed E-state index contributed by atoms with van der Waals surface area (Å²) >= 11 is 0. The van der Waals surface area contributed by atoms with Crippen molar-refractivity contribution in [2.75, 3.05) is 0 Å². The molecule has 3 rings (SSSR count). The highest BCUT2D eigenvalue weighted by Gasteiger charge is 2.50. The SMILES string of the molecule is C[C@H]1CC(O)[C@@H](C)/C=C/C=C/C=C/C=C/C=C/C=C/C=C/C(O[C@H]2OC(N)C(O)C(N)C2O)C[C@@H]2OC(O)(CC(O)CCC(O)CCC(O)CC(O)CC(=O)O1)C[C@H](O)C2C(=O)O. The molecule has 3 aliphatic heterocycles. The number of aliphatic carboxylic acids is 1. The number of carbonyl (C=O) groups excluding carboxylic acids is 1. The van der Waals surface area contributed by atoms with Gasteiger partial charge in [0.25, 0.3) is 0 Å². The number of rotatable bonds is 3. The second-order valence-electron chi connectivity index (χ2n) is 16.7. The fourth-order valence-electron chi connectivity index (χ4n) is 7.53. The Morgan fingerprint density at radius 1 is 0.683 bits per heavy atom. The van der Waals surface area contributed by atoms with E-state index in [1.54, 1.807) is 73.8 Å². The number of allylic oxidation sites excluding steroid dienone is 12. The summed E-state index contributed by atoms with van der Waals surface area (Å²) in [6, 6.07) is -1.25. The second-order valence-corrected chi connectivity index (χ2v) is 16.7. The third-order valence-corrected chi connectivity index (χ3v) is 11.1. The summed E-state index contributed by atoms with van der Waals surface area (Å²) < 4.78 is 22.8. The van der Waals surface area contributed by atoms with Crippen LogP contribution in [0.1, 0.15) is 78.1 Å². The molecule has 3 aliphatic rings. The Labute approximate surface area is 368 Å². The van der Waals surface area contributed by atoms with Crippen LogP contribution in [0.2, 0.25) is 0 Å². The molecule has 0 aromatic carbocycles. The number of carboxylic acids is 1. The lowest BCUT2D eigenvalue weighted by molar-refractivity contribution is -0.308. The standard InChI is InChI=1S/C45H70N2O16/c1-27-15-13-11-9-7-5-3-4-6-8-10-12-14-16-33(61-44-41(56)39(46)40(55)42(47)62-44)24-36-38(43(57)58)35(53)26-45(59,63-36)25-31(50)20-18-29(48)17-19-30(49)22-32(51)23-37(54)60-28(2)21-34(27)52/h3-16,27-36,38-42,44,48-53,55-56,59H,17-26,46-47H2,1-2H3,(H,57,58)/b4-3+,7-5+,8-6+,11-9+,12-10+,15-13+,16-14+/t27-,28-,29?,30?,31?,32?,33?,34?,35-,36-,38?,39?,40?,41?,42?,44-,45?/m0/s1. The largest absolute Gasteiger partial charge is 0.481 e. The van der Waals surface area contributed by atoms with E-state index < -0.39 is 122 Å². The highest BCUT2D eigenvalue weighted by molar-refractivity contribution is 5.71. The van der Waals surface area contributed by atoms with Crippen molar-refractivity contribution in [2.24, 2.45) is 23.3 Å². The van der Waals surface area contributed by atoms with E-state index in [4.69, 9.17) is 30.4 Å². The number of esters is 1. The van der Waals surface area contributed by atoms with Crippen molar-refractivity contribution in [3.8, 4) is 0 Å². The zero-order chi connectivity index (χ0) is 46.7. The zero-order valence-corrected chi connectivity index (χ0v) is 36.0. The fraction of sp³-hybridized carbons (Fsp3) is 0.644. The average molecular weight is 895 g/mol. The van der Waals surface area contributed by atoms with Gasteiger partial charge in [-0.05, 0) is 39.0 Å². The molecule has 2 bridgehead atoms. The highest BCUT2D eigenvalue weighted by Crippen LogP contribution is 2.38. The zero-order valence-electron chi connectivity index (χ0n) is 36.0. The van der Waals surface area contributed by atoms with Crippen molar-refractivity contribution in [1.29, 1.82) is 0 Å². The molecule has 356 valence electrons. The van der Waals surface area contributed by atoms with Gasteiger partial charge in [0.1, 0.15) is 30.5 Å². The van der Waals surface area contributed by atoms with Crippen molar-refractivity contribution in [3.63, 3.8) is 0 Å². The molecule has 14 N–H and O–H groups in total. The maximum atomic E-state index is 12.5. The minimum Gasteiger partial charge on any atom is -0.481 e. The summed E-state index contributed by atoms with van der Waals surface area (Å²) in [6.07, 6.45) is 6.76. The van der Waals surface area contributed by atoms with Crippen LogP contribution in [0.5, 0.6) is 0 Å². The van der Waals surface area contributed by atoms with E-state index in [9.17, 15) is 60.7 Å². The number of nitrogens with two attached hydrogens (primary N) is 2. The molecule has 2 saturated heterocycles. The van der Waals surface area contributed by atoms with Crippen molar-refractivity contribution < 1.29 is 79.6 Å². The molecule has 3 heterocycles. The van der Waals surface area contributed by atoms with Crippen LogP contribution >= 0.6 is 0 Å². The molecule has 0 radical (unpaired) electrons. The number of hydrogen-bond acceptors (Lipinski definition) is 17. The number of ether oxygens (including phenoxy) is 4. The van der Waals surface area contributed by atoms with E-state index in [0.29, 0.717) is 0 Å². The smallest absolute Gasteiger partial charge is 0.311 e. The topological polar surface area (TPSA) is 325 Å². The van der Waals surface area contributed by atoms with Crippen molar-refractivity contribution >= 4 is 11.9 Å². The first kappa shape index (κ1) is 53.9. The summed E-state index contributed by atoms with van der Waals surface area (Å²) in [5, 5.41) is 107. The van der Waals surface area contributed by atoms with Gasteiger partial charge < -0.3 is 81.5 Å². The van der Waals surface area contributed by atoms with Crippen LogP contribution in [0.4, 0.5) is 0 Å². The van der Waals surface area contributed by atoms with Crippen LogP contribution in [0.25, 0.3) is 0 Å². The fourth-order valence-corrected chi connectivity index (χ4v) is 7.53. The Kier molecular flexibility index (Phi) is 23.2. The van der Waals surface area contributed by atoms with Gasteiger partial charge >= 0.3 is 11.9 Å². The van der Waals surface area contributed by atoms with Crippen LogP contribution in [-0.2, 0) is 28.5 Å².